The van der Waals surface area contributed by atoms with Crippen LogP contribution in [0.2, 0.25) is 0 Å². The molecule has 122 valence electrons. The second kappa shape index (κ2) is 4.62. The van der Waals surface area contributed by atoms with Crippen molar-refractivity contribution in [2.45, 2.75) is 64.1 Å². The van der Waals surface area contributed by atoms with Gasteiger partial charge < -0.3 is 15.5 Å². The zero-order chi connectivity index (χ0) is 15.6. The number of rotatable bonds is 2. The van der Waals surface area contributed by atoms with E-state index in [1.807, 2.05) is 25.7 Å². The second-order valence-corrected chi connectivity index (χ2v) is 8.71. The summed E-state index contributed by atoms with van der Waals surface area (Å²) in [5.41, 5.74) is -0.170. The average molecular weight is 305 g/mol. The smallest absolute Gasteiger partial charge is 0.315 e. The number of hydrogen-bond acceptors (Lipinski definition) is 2. The molecule has 4 aliphatic rings. The van der Waals surface area contributed by atoms with Gasteiger partial charge in [-0.05, 0) is 63.7 Å². The maximum absolute atomic E-state index is 12.2. The second-order valence-electron chi connectivity index (χ2n) is 8.71. The number of fused-ring (bicyclic) bond motifs is 5. The molecule has 0 radical (unpaired) electrons. The van der Waals surface area contributed by atoms with Crippen LogP contribution in [-0.2, 0) is 4.79 Å². The lowest BCUT2D eigenvalue weighted by molar-refractivity contribution is -0.131. The van der Waals surface area contributed by atoms with Crippen LogP contribution in [0.4, 0.5) is 4.79 Å². The van der Waals surface area contributed by atoms with Gasteiger partial charge >= 0.3 is 6.03 Å². The maximum Gasteiger partial charge on any atom is 0.315 e. The third kappa shape index (κ3) is 2.20. The summed E-state index contributed by atoms with van der Waals surface area (Å²) < 4.78 is 0. The highest BCUT2D eigenvalue weighted by molar-refractivity contribution is 5.82. The van der Waals surface area contributed by atoms with E-state index in [1.54, 1.807) is 0 Å². The lowest BCUT2D eigenvalue weighted by atomic mass is 10.0. The van der Waals surface area contributed by atoms with Crippen LogP contribution >= 0.6 is 0 Å². The summed E-state index contributed by atoms with van der Waals surface area (Å²) >= 11 is 0. The molecule has 2 bridgehead atoms. The molecular formula is C17H27N3O2. The van der Waals surface area contributed by atoms with E-state index in [0.717, 1.165) is 23.7 Å². The van der Waals surface area contributed by atoms with Crippen molar-refractivity contribution in [3.05, 3.63) is 0 Å². The predicted molar refractivity (Wildman–Crippen MR) is 83.1 cm³/mol. The Balaban J connectivity index is 1.28. The molecule has 1 saturated heterocycles. The van der Waals surface area contributed by atoms with Gasteiger partial charge in [-0.25, -0.2) is 4.79 Å². The van der Waals surface area contributed by atoms with E-state index in [-0.39, 0.29) is 23.5 Å². The van der Waals surface area contributed by atoms with Crippen LogP contribution in [0.25, 0.3) is 0 Å². The normalized spacial score (nSPS) is 42.5. The van der Waals surface area contributed by atoms with Gasteiger partial charge in [0.05, 0.1) is 6.04 Å². The third-order valence-corrected chi connectivity index (χ3v) is 6.30. The van der Waals surface area contributed by atoms with Crippen LogP contribution in [0.15, 0.2) is 0 Å². The lowest BCUT2D eigenvalue weighted by Crippen LogP contribution is -2.47. The number of nitrogens with one attached hydrogen (secondary N) is 2. The van der Waals surface area contributed by atoms with Gasteiger partial charge in [-0.1, -0.05) is 0 Å². The molecule has 6 atom stereocenters. The summed E-state index contributed by atoms with van der Waals surface area (Å²) in [6.07, 6.45) is 4.55. The number of carbonyl (C=O) groups excluding carboxylic acids is 2. The first kappa shape index (κ1) is 14.3. The Morgan fingerprint density at radius 2 is 1.77 bits per heavy atom. The zero-order valence-corrected chi connectivity index (χ0v) is 13.8. The number of hydrogen-bond donors (Lipinski definition) is 2. The molecule has 0 aromatic heterocycles. The number of nitrogens with zero attached hydrogens (tertiary/aromatic N) is 1. The predicted octanol–water partition coefficient (Wildman–Crippen LogP) is 1.73. The Kier molecular flexibility index (Phi) is 3.01. The quantitative estimate of drug-likeness (QED) is 0.816. The fourth-order valence-corrected chi connectivity index (χ4v) is 5.35. The molecule has 4 fully saturated rings. The van der Waals surface area contributed by atoms with Crippen molar-refractivity contribution in [1.82, 2.24) is 15.5 Å². The molecule has 5 heteroatoms. The van der Waals surface area contributed by atoms with Crippen molar-refractivity contribution in [3.63, 3.8) is 0 Å². The van der Waals surface area contributed by atoms with Gasteiger partial charge in [-0.2, -0.15) is 0 Å². The van der Waals surface area contributed by atoms with E-state index in [1.165, 1.54) is 19.3 Å². The van der Waals surface area contributed by atoms with Gasteiger partial charge in [0.1, 0.15) is 0 Å². The molecule has 1 heterocycles. The van der Waals surface area contributed by atoms with Gasteiger partial charge in [0.15, 0.2) is 0 Å². The summed E-state index contributed by atoms with van der Waals surface area (Å²) in [6.45, 7) is 6.73. The Hall–Kier alpha value is -1.26. The first-order valence-corrected chi connectivity index (χ1v) is 8.72. The fourth-order valence-electron chi connectivity index (χ4n) is 5.35. The minimum Gasteiger partial charge on any atom is -0.336 e. The van der Waals surface area contributed by atoms with Crippen molar-refractivity contribution in [2.75, 3.05) is 6.54 Å². The van der Waals surface area contributed by atoms with E-state index in [0.29, 0.717) is 19.0 Å². The zero-order valence-electron chi connectivity index (χ0n) is 13.8. The van der Waals surface area contributed by atoms with Gasteiger partial charge in [0, 0.05) is 24.5 Å². The topological polar surface area (TPSA) is 61.4 Å². The SMILES string of the molecule is CC(C)(C)N1C[C@@H](NC(=O)NC2[C@@H]3[C@H]4CC[C@@H](C4)[C@H]23)CC1=O. The monoisotopic (exact) mass is 305 g/mol. The molecule has 3 amide bonds. The van der Waals surface area contributed by atoms with Crippen LogP contribution in [0.1, 0.15) is 46.5 Å². The molecule has 22 heavy (non-hydrogen) atoms. The van der Waals surface area contributed by atoms with Gasteiger partial charge in [-0.15, -0.1) is 0 Å². The first-order chi connectivity index (χ1) is 10.3. The summed E-state index contributed by atoms with van der Waals surface area (Å²) in [5, 5.41) is 6.18. The van der Waals surface area contributed by atoms with Crippen LogP contribution in [0, 0.1) is 23.7 Å². The Morgan fingerprint density at radius 3 is 2.32 bits per heavy atom. The van der Waals surface area contributed by atoms with E-state index in [4.69, 9.17) is 0 Å². The van der Waals surface area contributed by atoms with Crippen molar-refractivity contribution < 1.29 is 9.59 Å². The number of likely N-dealkylation sites (tertiary alicyclic amines) is 1. The number of urea groups is 1. The minimum atomic E-state index is -0.170. The third-order valence-electron chi connectivity index (χ3n) is 6.30. The number of amides is 3. The average Bonchev–Trinajstić information content (AvgIpc) is 2.80. The molecule has 3 aliphatic carbocycles. The van der Waals surface area contributed by atoms with Crippen molar-refractivity contribution >= 4 is 11.9 Å². The molecule has 0 aromatic rings. The van der Waals surface area contributed by atoms with Crippen LogP contribution in [-0.4, -0.2) is 41.0 Å². The summed E-state index contributed by atoms with van der Waals surface area (Å²) in [6, 6.07) is 0.275. The van der Waals surface area contributed by atoms with E-state index < -0.39 is 0 Å². The minimum absolute atomic E-state index is 0.0537. The largest absolute Gasteiger partial charge is 0.336 e. The summed E-state index contributed by atoms with van der Waals surface area (Å²) in [5.74, 6) is 3.37. The number of carbonyl (C=O) groups is 2. The summed E-state index contributed by atoms with van der Waals surface area (Å²) in [4.78, 5) is 26.1. The Labute approximate surface area is 132 Å². The summed E-state index contributed by atoms with van der Waals surface area (Å²) in [7, 11) is 0. The first-order valence-electron chi connectivity index (χ1n) is 8.72. The van der Waals surface area contributed by atoms with Gasteiger partial charge in [0.25, 0.3) is 0 Å². The van der Waals surface area contributed by atoms with Crippen LogP contribution < -0.4 is 10.6 Å². The molecule has 1 unspecified atom stereocenters. The molecule has 5 nitrogen and oxygen atoms in total. The molecular weight excluding hydrogens is 278 g/mol. The van der Waals surface area contributed by atoms with Crippen LogP contribution in [0.5, 0.6) is 0 Å². The fraction of sp³-hybridized carbons (Fsp3) is 0.882. The lowest BCUT2D eigenvalue weighted by Gasteiger charge is -2.32. The highest BCUT2D eigenvalue weighted by atomic mass is 16.2. The standard InChI is InChI=1S/C17H27N3O2/c1-17(2,3)20-8-11(7-12(20)21)18-16(22)19-15-13-9-4-5-10(6-9)14(13)15/h9-11,13-15H,4-8H2,1-3H3,(H2,18,19,22)/t9-,10-,11-,13-,14+,15?/m0/s1. The molecule has 3 saturated carbocycles. The maximum atomic E-state index is 12.2. The van der Waals surface area contributed by atoms with Crippen molar-refractivity contribution in [1.29, 1.82) is 0 Å². The highest BCUT2D eigenvalue weighted by Gasteiger charge is 2.65. The van der Waals surface area contributed by atoms with Gasteiger partial charge in [0.2, 0.25) is 5.91 Å². The molecule has 0 spiro atoms. The van der Waals surface area contributed by atoms with E-state index in [2.05, 4.69) is 10.6 Å². The molecule has 2 N–H and O–H groups in total. The molecule has 0 aromatic carbocycles. The molecule has 4 rings (SSSR count). The van der Waals surface area contributed by atoms with E-state index in [9.17, 15) is 9.59 Å². The molecule has 1 aliphatic heterocycles. The van der Waals surface area contributed by atoms with Crippen molar-refractivity contribution in [3.8, 4) is 0 Å². The Bertz CT molecular complexity index is 497. The highest BCUT2D eigenvalue weighted by Crippen LogP contribution is 2.65. The van der Waals surface area contributed by atoms with Crippen molar-refractivity contribution in [2.24, 2.45) is 23.7 Å². The van der Waals surface area contributed by atoms with Crippen LogP contribution in [0.3, 0.4) is 0 Å². The van der Waals surface area contributed by atoms with Gasteiger partial charge in [-0.3, -0.25) is 4.79 Å². The Morgan fingerprint density at radius 1 is 1.14 bits per heavy atom. The van der Waals surface area contributed by atoms with E-state index >= 15 is 0 Å².